The standard InChI is InChI=1S/C13H14FNS/c1-8-6-12(9(2)15)16-13(8)10-4-3-5-11(14)7-10/h3-7,9H,15H2,1-2H3. The Morgan fingerprint density at radius 2 is 2.06 bits per heavy atom. The summed E-state index contributed by atoms with van der Waals surface area (Å²) in [6.45, 7) is 3.99. The van der Waals surface area contributed by atoms with Crippen LogP contribution in [0.1, 0.15) is 23.4 Å². The van der Waals surface area contributed by atoms with E-state index in [4.69, 9.17) is 5.73 Å². The quantitative estimate of drug-likeness (QED) is 0.839. The molecule has 1 atom stereocenters. The van der Waals surface area contributed by atoms with Crippen molar-refractivity contribution in [2.75, 3.05) is 0 Å². The minimum Gasteiger partial charge on any atom is -0.324 e. The molecule has 1 heterocycles. The Labute approximate surface area is 98.7 Å². The van der Waals surface area contributed by atoms with Crippen LogP contribution in [0.25, 0.3) is 10.4 Å². The zero-order valence-electron chi connectivity index (χ0n) is 9.33. The predicted molar refractivity (Wildman–Crippen MR) is 67.1 cm³/mol. The van der Waals surface area contributed by atoms with E-state index >= 15 is 0 Å². The maximum Gasteiger partial charge on any atom is 0.123 e. The number of hydrogen-bond acceptors (Lipinski definition) is 2. The summed E-state index contributed by atoms with van der Waals surface area (Å²) in [5, 5.41) is 0. The Bertz CT molecular complexity index is 502. The van der Waals surface area contributed by atoms with E-state index in [0.29, 0.717) is 0 Å². The molecule has 0 bridgehead atoms. The van der Waals surface area contributed by atoms with Gasteiger partial charge < -0.3 is 5.73 Å². The molecule has 0 aliphatic carbocycles. The van der Waals surface area contributed by atoms with Crippen LogP contribution in [-0.2, 0) is 0 Å². The lowest BCUT2D eigenvalue weighted by Gasteiger charge is -2.00. The van der Waals surface area contributed by atoms with Crippen molar-refractivity contribution in [3.63, 3.8) is 0 Å². The van der Waals surface area contributed by atoms with Gasteiger partial charge in [-0.05, 0) is 43.2 Å². The molecule has 0 aliphatic heterocycles. The molecule has 2 rings (SSSR count). The van der Waals surface area contributed by atoms with Crippen LogP contribution in [0.15, 0.2) is 30.3 Å². The Hall–Kier alpha value is -1.19. The van der Waals surface area contributed by atoms with Crippen LogP contribution >= 0.6 is 11.3 Å². The SMILES string of the molecule is Cc1cc(C(C)N)sc1-c1cccc(F)c1. The molecule has 84 valence electrons. The number of rotatable bonds is 2. The van der Waals surface area contributed by atoms with Crippen molar-refractivity contribution in [2.45, 2.75) is 19.9 Å². The second kappa shape index (κ2) is 4.36. The van der Waals surface area contributed by atoms with Gasteiger partial charge in [-0.2, -0.15) is 0 Å². The van der Waals surface area contributed by atoms with Gasteiger partial charge in [0.2, 0.25) is 0 Å². The number of nitrogens with two attached hydrogens (primary N) is 1. The molecule has 16 heavy (non-hydrogen) atoms. The third-order valence-electron chi connectivity index (χ3n) is 2.47. The molecule has 0 fully saturated rings. The van der Waals surface area contributed by atoms with Gasteiger partial charge >= 0.3 is 0 Å². The van der Waals surface area contributed by atoms with Crippen molar-refractivity contribution in [3.8, 4) is 10.4 Å². The highest BCUT2D eigenvalue weighted by molar-refractivity contribution is 7.15. The summed E-state index contributed by atoms with van der Waals surface area (Å²) in [7, 11) is 0. The minimum atomic E-state index is -0.201. The van der Waals surface area contributed by atoms with Gasteiger partial charge in [-0.1, -0.05) is 12.1 Å². The van der Waals surface area contributed by atoms with E-state index in [-0.39, 0.29) is 11.9 Å². The topological polar surface area (TPSA) is 26.0 Å². The second-order valence-corrected chi connectivity index (χ2v) is 5.04. The summed E-state index contributed by atoms with van der Waals surface area (Å²) in [4.78, 5) is 2.24. The van der Waals surface area contributed by atoms with Crippen molar-refractivity contribution >= 4 is 11.3 Å². The number of hydrogen-bond donors (Lipinski definition) is 1. The van der Waals surface area contributed by atoms with E-state index in [1.54, 1.807) is 23.5 Å². The molecule has 0 saturated carbocycles. The fourth-order valence-corrected chi connectivity index (χ4v) is 2.77. The molecule has 1 aromatic heterocycles. The smallest absolute Gasteiger partial charge is 0.123 e. The molecule has 0 aliphatic rings. The van der Waals surface area contributed by atoms with Crippen molar-refractivity contribution in [2.24, 2.45) is 5.73 Å². The predicted octanol–water partition coefficient (Wildman–Crippen LogP) is 3.88. The Morgan fingerprint density at radius 3 is 2.62 bits per heavy atom. The van der Waals surface area contributed by atoms with Gasteiger partial charge in [-0.15, -0.1) is 11.3 Å². The number of aryl methyl sites for hydroxylation is 1. The van der Waals surface area contributed by atoms with Gasteiger partial charge in [0.05, 0.1) is 0 Å². The van der Waals surface area contributed by atoms with E-state index in [2.05, 4.69) is 6.07 Å². The molecule has 1 unspecified atom stereocenters. The highest BCUT2D eigenvalue weighted by Gasteiger charge is 2.10. The van der Waals surface area contributed by atoms with Gasteiger partial charge in [-0.3, -0.25) is 0 Å². The molecule has 2 aromatic rings. The zero-order chi connectivity index (χ0) is 11.7. The minimum absolute atomic E-state index is 0.0333. The van der Waals surface area contributed by atoms with Gasteiger partial charge in [0.1, 0.15) is 5.82 Å². The fourth-order valence-electron chi connectivity index (χ4n) is 1.65. The molecule has 2 N–H and O–H groups in total. The van der Waals surface area contributed by atoms with Crippen molar-refractivity contribution < 1.29 is 4.39 Å². The summed E-state index contributed by atoms with van der Waals surface area (Å²) >= 11 is 1.64. The van der Waals surface area contributed by atoms with Gasteiger partial charge in [0, 0.05) is 15.8 Å². The number of thiophene rings is 1. The van der Waals surface area contributed by atoms with Crippen LogP contribution in [-0.4, -0.2) is 0 Å². The van der Waals surface area contributed by atoms with Crippen LogP contribution in [0, 0.1) is 12.7 Å². The second-order valence-electron chi connectivity index (χ2n) is 3.96. The van der Waals surface area contributed by atoms with E-state index < -0.39 is 0 Å². The highest BCUT2D eigenvalue weighted by atomic mass is 32.1. The summed E-state index contributed by atoms with van der Waals surface area (Å²) in [6, 6.07) is 8.78. The average Bonchev–Trinajstić information content (AvgIpc) is 2.60. The van der Waals surface area contributed by atoms with Crippen LogP contribution in [0.4, 0.5) is 4.39 Å². The summed E-state index contributed by atoms with van der Waals surface area (Å²) in [5.41, 5.74) is 7.92. The zero-order valence-corrected chi connectivity index (χ0v) is 10.1. The van der Waals surface area contributed by atoms with E-state index in [9.17, 15) is 4.39 Å². The van der Waals surface area contributed by atoms with Crippen LogP contribution < -0.4 is 5.73 Å². The molecular formula is C13H14FNS. The molecule has 0 saturated heterocycles. The molecule has 1 nitrogen and oxygen atoms in total. The normalized spacial score (nSPS) is 12.8. The molecule has 1 aromatic carbocycles. The number of halogens is 1. The maximum absolute atomic E-state index is 13.1. The molecular weight excluding hydrogens is 221 g/mol. The largest absolute Gasteiger partial charge is 0.324 e. The Morgan fingerprint density at radius 1 is 1.31 bits per heavy atom. The van der Waals surface area contributed by atoms with Crippen molar-refractivity contribution in [1.29, 1.82) is 0 Å². The first-order valence-electron chi connectivity index (χ1n) is 5.20. The molecule has 0 radical (unpaired) electrons. The summed E-state index contributed by atoms with van der Waals surface area (Å²) in [5.74, 6) is -0.201. The Balaban J connectivity index is 2.48. The lowest BCUT2D eigenvalue weighted by atomic mass is 10.1. The molecule has 0 spiro atoms. The van der Waals surface area contributed by atoms with E-state index in [1.165, 1.54) is 6.07 Å². The summed E-state index contributed by atoms with van der Waals surface area (Å²) < 4.78 is 13.1. The average molecular weight is 235 g/mol. The Kier molecular flexibility index (Phi) is 3.08. The van der Waals surface area contributed by atoms with E-state index in [1.807, 2.05) is 19.9 Å². The van der Waals surface area contributed by atoms with E-state index in [0.717, 1.165) is 20.9 Å². The van der Waals surface area contributed by atoms with Crippen molar-refractivity contribution in [3.05, 3.63) is 46.6 Å². The highest BCUT2D eigenvalue weighted by Crippen LogP contribution is 2.34. The molecule has 0 amide bonds. The van der Waals surface area contributed by atoms with Gasteiger partial charge in [0.25, 0.3) is 0 Å². The summed E-state index contributed by atoms with van der Waals surface area (Å²) in [6.07, 6.45) is 0. The third kappa shape index (κ3) is 2.15. The number of benzene rings is 1. The first kappa shape index (κ1) is 11.3. The monoisotopic (exact) mass is 235 g/mol. The van der Waals surface area contributed by atoms with Crippen molar-refractivity contribution in [1.82, 2.24) is 0 Å². The lowest BCUT2D eigenvalue weighted by Crippen LogP contribution is -2.01. The first-order valence-corrected chi connectivity index (χ1v) is 6.01. The molecule has 3 heteroatoms. The fraction of sp³-hybridized carbons (Fsp3) is 0.231. The third-order valence-corrected chi connectivity index (χ3v) is 3.96. The first-order chi connectivity index (χ1) is 7.58. The lowest BCUT2D eigenvalue weighted by molar-refractivity contribution is 0.628. The maximum atomic E-state index is 13.1. The van der Waals surface area contributed by atoms with Crippen LogP contribution in [0.2, 0.25) is 0 Å². The van der Waals surface area contributed by atoms with Crippen LogP contribution in [0.3, 0.4) is 0 Å². The van der Waals surface area contributed by atoms with Gasteiger partial charge in [0.15, 0.2) is 0 Å². The van der Waals surface area contributed by atoms with Crippen LogP contribution in [0.5, 0.6) is 0 Å². The van der Waals surface area contributed by atoms with Gasteiger partial charge in [-0.25, -0.2) is 4.39 Å².